The van der Waals surface area contributed by atoms with Gasteiger partial charge in [0.05, 0.1) is 5.00 Å². The van der Waals surface area contributed by atoms with Crippen molar-refractivity contribution in [1.82, 2.24) is 5.32 Å². The number of ether oxygens (including phenoxy) is 1. The summed E-state index contributed by atoms with van der Waals surface area (Å²) in [6, 6.07) is 1.89. The maximum atomic E-state index is 11.3. The van der Waals surface area contributed by atoms with E-state index >= 15 is 0 Å². The minimum atomic E-state index is -0.468. The summed E-state index contributed by atoms with van der Waals surface area (Å²) in [5, 5.41) is 5.27. The molecule has 1 rings (SSSR count). The summed E-state index contributed by atoms with van der Waals surface area (Å²) in [5.41, 5.74) is 6.13. The summed E-state index contributed by atoms with van der Waals surface area (Å²) in [5.74, 6) is 0. The molecule has 3 N–H and O–H groups in total. The van der Waals surface area contributed by atoms with Crippen LogP contribution in [0.15, 0.2) is 11.4 Å². The number of nitrogen functional groups attached to an aromatic ring is 1. The predicted octanol–water partition coefficient (Wildman–Crippen LogP) is 2.35. The first kappa shape index (κ1) is 11.8. The molecule has 0 aliphatic carbocycles. The highest BCUT2D eigenvalue weighted by atomic mass is 32.1. The Morgan fingerprint density at radius 1 is 1.60 bits per heavy atom. The monoisotopic (exact) mass is 228 g/mol. The molecule has 0 bridgehead atoms. The van der Waals surface area contributed by atoms with Crippen LogP contribution in [0.25, 0.3) is 0 Å². The Kier molecular flexibility index (Phi) is 3.57. The minimum absolute atomic E-state index is 0.407. The normalized spacial score (nSPS) is 11.1. The molecule has 1 aromatic rings. The molecule has 1 aromatic heterocycles. The Bertz CT molecular complexity index is 341. The average Bonchev–Trinajstić information content (AvgIpc) is 2.44. The first-order valence-electron chi connectivity index (χ1n) is 4.67. The molecule has 0 saturated heterocycles. The van der Waals surface area contributed by atoms with Crippen LogP contribution in [0.5, 0.6) is 0 Å². The zero-order valence-corrected chi connectivity index (χ0v) is 9.98. The first-order chi connectivity index (χ1) is 6.88. The van der Waals surface area contributed by atoms with Crippen LogP contribution < -0.4 is 11.1 Å². The molecule has 0 fully saturated rings. The molecule has 1 heterocycles. The Labute approximate surface area is 93.4 Å². The lowest BCUT2D eigenvalue weighted by atomic mass is 10.2. The lowest BCUT2D eigenvalue weighted by molar-refractivity contribution is 0.0524. The third kappa shape index (κ3) is 4.20. The van der Waals surface area contributed by atoms with Crippen LogP contribution in [0.3, 0.4) is 0 Å². The van der Waals surface area contributed by atoms with Crippen molar-refractivity contribution in [1.29, 1.82) is 0 Å². The molecule has 5 heteroatoms. The second-order valence-electron chi connectivity index (χ2n) is 4.17. The number of amides is 1. The molecule has 0 aromatic carbocycles. The smallest absolute Gasteiger partial charge is 0.407 e. The lowest BCUT2D eigenvalue weighted by Crippen LogP contribution is -2.32. The van der Waals surface area contributed by atoms with Crippen molar-refractivity contribution in [2.75, 3.05) is 5.73 Å². The van der Waals surface area contributed by atoms with E-state index in [1.165, 1.54) is 11.3 Å². The first-order valence-corrected chi connectivity index (χ1v) is 5.55. The van der Waals surface area contributed by atoms with Crippen LogP contribution in [0.2, 0.25) is 0 Å². The van der Waals surface area contributed by atoms with E-state index < -0.39 is 11.7 Å². The maximum Gasteiger partial charge on any atom is 0.407 e. The molecule has 15 heavy (non-hydrogen) atoms. The third-order valence-corrected chi connectivity index (χ3v) is 2.39. The van der Waals surface area contributed by atoms with Crippen molar-refractivity contribution in [2.45, 2.75) is 32.9 Å². The summed E-state index contributed by atoms with van der Waals surface area (Å²) >= 11 is 1.45. The molecule has 4 nitrogen and oxygen atoms in total. The maximum absolute atomic E-state index is 11.3. The van der Waals surface area contributed by atoms with Gasteiger partial charge in [0.2, 0.25) is 0 Å². The number of thiophene rings is 1. The van der Waals surface area contributed by atoms with Crippen molar-refractivity contribution in [3.05, 3.63) is 17.0 Å². The molecule has 0 saturated carbocycles. The number of rotatable bonds is 2. The van der Waals surface area contributed by atoms with Gasteiger partial charge < -0.3 is 15.8 Å². The number of carbonyl (C=O) groups excluding carboxylic acids is 1. The third-order valence-electron chi connectivity index (χ3n) is 1.60. The molecule has 0 aliphatic heterocycles. The summed E-state index contributed by atoms with van der Waals surface area (Å²) in [7, 11) is 0. The molecule has 0 unspecified atom stereocenters. The Hall–Kier alpha value is -1.23. The summed E-state index contributed by atoms with van der Waals surface area (Å²) in [4.78, 5) is 11.3. The SMILES string of the molecule is CC(C)(C)OC(=O)NCc1ccsc1N. The summed E-state index contributed by atoms with van der Waals surface area (Å²) in [6.45, 7) is 5.88. The largest absolute Gasteiger partial charge is 0.444 e. The Morgan fingerprint density at radius 2 is 2.27 bits per heavy atom. The van der Waals surface area contributed by atoms with Gasteiger partial charge in [-0.25, -0.2) is 4.79 Å². The lowest BCUT2D eigenvalue weighted by Gasteiger charge is -2.19. The van der Waals surface area contributed by atoms with Crippen molar-refractivity contribution < 1.29 is 9.53 Å². The second kappa shape index (κ2) is 4.53. The van der Waals surface area contributed by atoms with Gasteiger partial charge in [0.25, 0.3) is 0 Å². The fourth-order valence-corrected chi connectivity index (χ4v) is 1.65. The highest BCUT2D eigenvalue weighted by Gasteiger charge is 2.15. The van der Waals surface area contributed by atoms with Crippen molar-refractivity contribution in [2.24, 2.45) is 0 Å². The van der Waals surface area contributed by atoms with Crippen LogP contribution in [-0.2, 0) is 11.3 Å². The van der Waals surface area contributed by atoms with Gasteiger partial charge in [-0.1, -0.05) is 0 Å². The molecule has 1 amide bonds. The number of hydrogen-bond donors (Lipinski definition) is 2. The summed E-state index contributed by atoms with van der Waals surface area (Å²) < 4.78 is 5.09. The van der Waals surface area contributed by atoms with Gasteiger partial charge in [0, 0.05) is 12.1 Å². The van der Waals surface area contributed by atoms with Gasteiger partial charge in [-0.15, -0.1) is 11.3 Å². The highest BCUT2D eigenvalue weighted by molar-refractivity contribution is 7.14. The Balaban J connectivity index is 2.38. The van der Waals surface area contributed by atoms with Crippen molar-refractivity contribution >= 4 is 22.4 Å². The molecule has 0 atom stereocenters. The topological polar surface area (TPSA) is 64.3 Å². The number of hydrogen-bond acceptors (Lipinski definition) is 4. The van der Waals surface area contributed by atoms with Crippen LogP contribution in [-0.4, -0.2) is 11.7 Å². The number of anilines is 1. The van der Waals surface area contributed by atoms with Gasteiger partial charge in [0.15, 0.2) is 0 Å². The van der Waals surface area contributed by atoms with Gasteiger partial charge in [-0.2, -0.15) is 0 Å². The number of nitrogens with two attached hydrogens (primary N) is 1. The van der Waals surface area contributed by atoms with Gasteiger partial charge in [0.1, 0.15) is 5.60 Å². The highest BCUT2D eigenvalue weighted by Crippen LogP contribution is 2.18. The Morgan fingerprint density at radius 3 is 2.73 bits per heavy atom. The van der Waals surface area contributed by atoms with Crippen molar-refractivity contribution in [3.8, 4) is 0 Å². The van der Waals surface area contributed by atoms with Gasteiger partial charge in [-0.3, -0.25) is 0 Å². The van der Waals surface area contributed by atoms with Crippen LogP contribution in [0.4, 0.5) is 9.80 Å². The van der Waals surface area contributed by atoms with E-state index in [1.54, 1.807) is 0 Å². The zero-order valence-electron chi connectivity index (χ0n) is 9.16. The summed E-state index contributed by atoms with van der Waals surface area (Å²) in [6.07, 6.45) is -0.423. The second-order valence-corrected chi connectivity index (χ2v) is 5.11. The fraction of sp³-hybridized carbons (Fsp3) is 0.500. The van der Waals surface area contributed by atoms with E-state index in [9.17, 15) is 4.79 Å². The molecule has 84 valence electrons. The number of nitrogens with one attached hydrogen (secondary N) is 1. The molecular weight excluding hydrogens is 212 g/mol. The van der Waals surface area contributed by atoms with Crippen molar-refractivity contribution in [3.63, 3.8) is 0 Å². The molecule has 0 radical (unpaired) electrons. The number of carbonyl (C=O) groups is 1. The van der Waals surface area contributed by atoms with Crippen LogP contribution in [0, 0.1) is 0 Å². The van der Waals surface area contributed by atoms with E-state index in [2.05, 4.69) is 5.32 Å². The molecule has 0 aliphatic rings. The minimum Gasteiger partial charge on any atom is -0.444 e. The predicted molar refractivity (Wildman–Crippen MR) is 61.8 cm³/mol. The van der Waals surface area contributed by atoms with Gasteiger partial charge >= 0.3 is 6.09 Å². The quantitative estimate of drug-likeness (QED) is 0.816. The van der Waals surface area contributed by atoms with Crippen LogP contribution in [0.1, 0.15) is 26.3 Å². The molecular formula is C10H16N2O2S. The molecule has 0 spiro atoms. The standard InChI is InChI=1S/C10H16N2O2S/c1-10(2,3)14-9(13)12-6-7-4-5-15-8(7)11/h4-5H,6,11H2,1-3H3,(H,12,13). The number of alkyl carbamates (subject to hydrolysis) is 1. The van der Waals surface area contributed by atoms with E-state index in [4.69, 9.17) is 10.5 Å². The van der Waals surface area contributed by atoms with E-state index in [0.717, 1.165) is 10.6 Å². The van der Waals surface area contributed by atoms with E-state index in [0.29, 0.717) is 6.54 Å². The average molecular weight is 228 g/mol. The van der Waals surface area contributed by atoms with Crippen LogP contribution >= 0.6 is 11.3 Å². The fourth-order valence-electron chi connectivity index (χ4n) is 0.975. The van der Waals surface area contributed by atoms with Gasteiger partial charge in [-0.05, 0) is 32.2 Å². The van der Waals surface area contributed by atoms with E-state index in [1.807, 2.05) is 32.2 Å². The zero-order chi connectivity index (χ0) is 11.5. The van der Waals surface area contributed by atoms with E-state index in [-0.39, 0.29) is 0 Å².